The van der Waals surface area contributed by atoms with E-state index in [9.17, 15) is 0 Å². The molecule has 0 atom stereocenters. The number of aromatic nitrogens is 1. The SMILES string of the molecule is ClC(Cl)=Cn1ccc2ccccc21. The zero-order valence-electron chi connectivity index (χ0n) is 6.74. The standard InChI is InChI=1S/C10H7Cl2N/c11-10(12)7-13-6-5-8-3-1-2-4-9(8)13/h1-7H. The molecule has 3 heteroatoms. The Morgan fingerprint density at radius 1 is 1.15 bits per heavy atom. The van der Waals surface area contributed by atoms with Gasteiger partial charge in [0, 0.05) is 12.4 Å². The third-order valence-corrected chi connectivity index (χ3v) is 2.06. The number of rotatable bonds is 1. The summed E-state index contributed by atoms with van der Waals surface area (Å²) in [6.45, 7) is 0. The van der Waals surface area contributed by atoms with Crippen LogP contribution in [0.25, 0.3) is 17.1 Å². The van der Waals surface area contributed by atoms with Crippen LogP contribution in [0.15, 0.2) is 41.0 Å². The number of para-hydroxylation sites is 1. The van der Waals surface area contributed by atoms with Gasteiger partial charge in [0.15, 0.2) is 0 Å². The van der Waals surface area contributed by atoms with Crippen molar-refractivity contribution < 1.29 is 0 Å². The summed E-state index contributed by atoms with van der Waals surface area (Å²) in [5.74, 6) is 0. The van der Waals surface area contributed by atoms with Gasteiger partial charge in [0.1, 0.15) is 4.49 Å². The molecular formula is C10H7Cl2N. The van der Waals surface area contributed by atoms with Gasteiger partial charge in [-0.3, -0.25) is 0 Å². The summed E-state index contributed by atoms with van der Waals surface area (Å²) >= 11 is 11.2. The Morgan fingerprint density at radius 3 is 2.69 bits per heavy atom. The summed E-state index contributed by atoms with van der Waals surface area (Å²) in [5, 5.41) is 1.17. The van der Waals surface area contributed by atoms with E-state index in [0.717, 1.165) is 5.52 Å². The molecule has 1 aromatic carbocycles. The highest BCUT2D eigenvalue weighted by Crippen LogP contribution is 2.18. The van der Waals surface area contributed by atoms with Crippen molar-refractivity contribution in [3.05, 3.63) is 41.0 Å². The van der Waals surface area contributed by atoms with Gasteiger partial charge >= 0.3 is 0 Å². The second-order valence-electron chi connectivity index (χ2n) is 2.70. The lowest BCUT2D eigenvalue weighted by molar-refractivity contribution is 1.23. The highest BCUT2D eigenvalue weighted by molar-refractivity contribution is 6.57. The Balaban J connectivity index is 2.65. The predicted molar refractivity (Wildman–Crippen MR) is 57.9 cm³/mol. The number of nitrogens with zero attached hydrogens (tertiary/aromatic N) is 1. The molecule has 1 aromatic heterocycles. The normalized spacial score (nSPS) is 10.3. The number of hydrogen-bond acceptors (Lipinski definition) is 0. The third-order valence-electron chi connectivity index (χ3n) is 1.87. The van der Waals surface area contributed by atoms with Crippen LogP contribution in [0.2, 0.25) is 0 Å². The van der Waals surface area contributed by atoms with Gasteiger partial charge < -0.3 is 4.57 Å². The smallest absolute Gasteiger partial charge is 0.123 e. The largest absolute Gasteiger partial charge is 0.321 e. The molecule has 0 aliphatic carbocycles. The van der Waals surface area contributed by atoms with E-state index >= 15 is 0 Å². The number of benzene rings is 1. The Hall–Kier alpha value is -0.920. The van der Waals surface area contributed by atoms with Crippen molar-refractivity contribution in [1.82, 2.24) is 4.57 Å². The van der Waals surface area contributed by atoms with Gasteiger partial charge in [-0.2, -0.15) is 0 Å². The van der Waals surface area contributed by atoms with Crippen LogP contribution in [0.1, 0.15) is 0 Å². The topological polar surface area (TPSA) is 4.93 Å². The summed E-state index contributed by atoms with van der Waals surface area (Å²) in [4.78, 5) is 0. The van der Waals surface area contributed by atoms with Crippen LogP contribution in [0, 0.1) is 0 Å². The van der Waals surface area contributed by atoms with Crippen molar-refractivity contribution in [3.63, 3.8) is 0 Å². The van der Waals surface area contributed by atoms with E-state index in [0.29, 0.717) is 0 Å². The molecule has 0 radical (unpaired) electrons. The fraction of sp³-hybridized carbons (Fsp3) is 0. The fourth-order valence-electron chi connectivity index (χ4n) is 1.32. The minimum Gasteiger partial charge on any atom is -0.321 e. The van der Waals surface area contributed by atoms with Gasteiger partial charge in [0.25, 0.3) is 0 Å². The Labute approximate surface area is 86.2 Å². The molecule has 1 nitrogen and oxygen atoms in total. The molecule has 0 amide bonds. The maximum atomic E-state index is 5.58. The van der Waals surface area contributed by atoms with Crippen molar-refractivity contribution in [2.45, 2.75) is 0 Å². The monoisotopic (exact) mass is 211 g/mol. The van der Waals surface area contributed by atoms with Gasteiger partial charge in [-0.15, -0.1) is 0 Å². The molecule has 0 aliphatic rings. The van der Waals surface area contributed by atoms with Crippen LogP contribution in [0.4, 0.5) is 0 Å². The first-order valence-electron chi connectivity index (χ1n) is 3.86. The van der Waals surface area contributed by atoms with E-state index in [1.807, 2.05) is 41.1 Å². The summed E-state index contributed by atoms with van der Waals surface area (Å²) in [6.07, 6.45) is 3.60. The fourth-order valence-corrected chi connectivity index (χ4v) is 1.53. The molecule has 0 saturated carbocycles. The lowest BCUT2D eigenvalue weighted by Gasteiger charge is -1.96. The zero-order valence-corrected chi connectivity index (χ0v) is 8.26. The summed E-state index contributed by atoms with van der Waals surface area (Å²) in [7, 11) is 0. The molecule has 13 heavy (non-hydrogen) atoms. The van der Waals surface area contributed by atoms with Gasteiger partial charge in [-0.25, -0.2) is 0 Å². The average molecular weight is 212 g/mol. The van der Waals surface area contributed by atoms with Crippen molar-refractivity contribution in [2.24, 2.45) is 0 Å². The summed E-state index contributed by atoms with van der Waals surface area (Å²) in [5.41, 5.74) is 1.10. The highest BCUT2D eigenvalue weighted by Gasteiger charge is 1.96. The van der Waals surface area contributed by atoms with Gasteiger partial charge in [-0.05, 0) is 17.5 Å². The molecular weight excluding hydrogens is 205 g/mol. The molecule has 2 aromatic rings. The molecule has 0 bridgehead atoms. The Morgan fingerprint density at radius 2 is 1.92 bits per heavy atom. The quantitative estimate of drug-likeness (QED) is 0.676. The van der Waals surface area contributed by atoms with Crippen molar-refractivity contribution in [2.75, 3.05) is 0 Å². The highest BCUT2D eigenvalue weighted by atomic mass is 35.5. The molecule has 0 unspecified atom stereocenters. The Bertz CT molecular complexity index is 453. The lowest BCUT2D eigenvalue weighted by Crippen LogP contribution is -1.81. The van der Waals surface area contributed by atoms with Gasteiger partial charge in [0.05, 0.1) is 5.52 Å². The maximum absolute atomic E-state index is 5.58. The van der Waals surface area contributed by atoms with Gasteiger partial charge in [-0.1, -0.05) is 41.4 Å². The van der Waals surface area contributed by atoms with Crippen molar-refractivity contribution in [3.8, 4) is 0 Å². The first-order chi connectivity index (χ1) is 6.27. The molecule has 66 valence electrons. The van der Waals surface area contributed by atoms with E-state index in [-0.39, 0.29) is 4.49 Å². The van der Waals surface area contributed by atoms with Gasteiger partial charge in [0.2, 0.25) is 0 Å². The first-order valence-corrected chi connectivity index (χ1v) is 4.61. The number of hydrogen-bond donors (Lipinski definition) is 0. The van der Waals surface area contributed by atoms with Crippen molar-refractivity contribution >= 4 is 40.3 Å². The van der Waals surface area contributed by atoms with Crippen LogP contribution < -0.4 is 0 Å². The summed E-state index contributed by atoms with van der Waals surface area (Å²) in [6, 6.07) is 10.1. The molecule has 1 heterocycles. The maximum Gasteiger partial charge on any atom is 0.123 e. The first kappa shape index (κ1) is 8.67. The third kappa shape index (κ3) is 1.71. The second kappa shape index (κ2) is 3.44. The molecule has 0 spiro atoms. The molecule has 0 N–H and O–H groups in total. The minimum absolute atomic E-state index is 0.251. The minimum atomic E-state index is 0.251. The zero-order chi connectivity index (χ0) is 9.26. The van der Waals surface area contributed by atoms with E-state index in [2.05, 4.69) is 0 Å². The molecule has 2 rings (SSSR count). The number of halogens is 2. The van der Waals surface area contributed by atoms with Crippen LogP contribution in [-0.4, -0.2) is 4.57 Å². The van der Waals surface area contributed by atoms with Crippen LogP contribution in [0.3, 0.4) is 0 Å². The van der Waals surface area contributed by atoms with E-state index in [1.165, 1.54) is 5.39 Å². The predicted octanol–water partition coefficient (Wildman–Crippen LogP) is 3.87. The average Bonchev–Trinajstić information content (AvgIpc) is 2.48. The van der Waals surface area contributed by atoms with E-state index in [4.69, 9.17) is 23.2 Å². The number of fused-ring (bicyclic) bond motifs is 1. The van der Waals surface area contributed by atoms with E-state index in [1.54, 1.807) is 6.20 Å². The van der Waals surface area contributed by atoms with Crippen molar-refractivity contribution in [1.29, 1.82) is 0 Å². The lowest BCUT2D eigenvalue weighted by atomic mass is 10.2. The van der Waals surface area contributed by atoms with E-state index < -0.39 is 0 Å². The van der Waals surface area contributed by atoms with Crippen LogP contribution >= 0.6 is 23.2 Å². The summed E-state index contributed by atoms with van der Waals surface area (Å²) < 4.78 is 2.14. The molecule has 0 saturated heterocycles. The molecule has 0 aliphatic heterocycles. The van der Waals surface area contributed by atoms with Crippen LogP contribution in [-0.2, 0) is 0 Å². The van der Waals surface area contributed by atoms with Crippen LogP contribution in [0.5, 0.6) is 0 Å². The second-order valence-corrected chi connectivity index (χ2v) is 3.71. The Kier molecular flexibility index (Phi) is 2.30. The molecule has 0 fully saturated rings.